The SMILES string of the molecule is CC(c1nc2ccccc2c(=O)[nH]1)N(C)CC(=O)Nc1ccc(Br)cn1. The molecule has 0 bridgehead atoms. The summed E-state index contributed by atoms with van der Waals surface area (Å²) >= 11 is 3.30. The fraction of sp³-hybridized carbons (Fsp3) is 0.222. The molecule has 1 aromatic carbocycles. The van der Waals surface area contributed by atoms with Gasteiger partial charge in [-0.15, -0.1) is 0 Å². The van der Waals surface area contributed by atoms with E-state index in [-0.39, 0.29) is 24.1 Å². The number of para-hydroxylation sites is 1. The summed E-state index contributed by atoms with van der Waals surface area (Å²) in [6.45, 7) is 2.02. The first-order chi connectivity index (χ1) is 12.4. The number of carbonyl (C=O) groups is 1. The largest absolute Gasteiger partial charge is 0.310 e. The molecule has 0 aliphatic heterocycles. The number of rotatable bonds is 5. The van der Waals surface area contributed by atoms with Gasteiger partial charge < -0.3 is 10.3 Å². The number of nitrogens with one attached hydrogen (secondary N) is 2. The molecule has 0 spiro atoms. The number of carbonyl (C=O) groups excluding carboxylic acids is 1. The van der Waals surface area contributed by atoms with E-state index in [1.807, 2.05) is 13.0 Å². The van der Waals surface area contributed by atoms with E-state index in [1.54, 1.807) is 48.5 Å². The lowest BCUT2D eigenvalue weighted by Gasteiger charge is -2.23. The van der Waals surface area contributed by atoms with Crippen molar-refractivity contribution in [2.75, 3.05) is 18.9 Å². The monoisotopic (exact) mass is 415 g/mol. The molecule has 134 valence electrons. The highest BCUT2D eigenvalue weighted by molar-refractivity contribution is 9.10. The van der Waals surface area contributed by atoms with Crippen molar-refractivity contribution in [1.82, 2.24) is 19.9 Å². The van der Waals surface area contributed by atoms with E-state index in [4.69, 9.17) is 0 Å². The van der Waals surface area contributed by atoms with Gasteiger partial charge in [0.15, 0.2) is 0 Å². The third kappa shape index (κ3) is 4.14. The van der Waals surface area contributed by atoms with Crippen LogP contribution in [0.25, 0.3) is 10.9 Å². The fourth-order valence-corrected chi connectivity index (χ4v) is 2.74. The summed E-state index contributed by atoms with van der Waals surface area (Å²) in [6, 6.07) is 10.5. The number of amides is 1. The third-order valence-electron chi connectivity index (χ3n) is 4.08. The second-order valence-corrected chi connectivity index (χ2v) is 6.88. The molecule has 0 fully saturated rings. The zero-order valence-corrected chi connectivity index (χ0v) is 15.9. The Balaban J connectivity index is 1.71. The number of nitrogens with zero attached hydrogens (tertiary/aromatic N) is 3. The van der Waals surface area contributed by atoms with Crippen molar-refractivity contribution >= 4 is 38.6 Å². The summed E-state index contributed by atoms with van der Waals surface area (Å²) in [4.78, 5) is 37.7. The Hall–Kier alpha value is -2.58. The summed E-state index contributed by atoms with van der Waals surface area (Å²) in [5.74, 6) is 0.805. The lowest BCUT2D eigenvalue weighted by Crippen LogP contribution is -2.33. The summed E-state index contributed by atoms with van der Waals surface area (Å²) < 4.78 is 0.840. The summed E-state index contributed by atoms with van der Waals surface area (Å²) in [7, 11) is 1.80. The van der Waals surface area contributed by atoms with Crippen LogP contribution >= 0.6 is 15.9 Å². The molecule has 8 heteroatoms. The predicted octanol–water partition coefficient (Wildman–Crippen LogP) is 2.71. The number of aromatic nitrogens is 3. The lowest BCUT2D eigenvalue weighted by atomic mass is 10.2. The maximum atomic E-state index is 12.2. The number of pyridine rings is 1. The van der Waals surface area contributed by atoms with Crippen molar-refractivity contribution in [2.45, 2.75) is 13.0 Å². The van der Waals surface area contributed by atoms with Crippen molar-refractivity contribution in [3.63, 3.8) is 0 Å². The maximum absolute atomic E-state index is 12.2. The second-order valence-electron chi connectivity index (χ2n) is 5.97. The highest BCUT2D eigenvalue weighted by Crippen LogP contribution is 2.16. The van der Waals surface area contributed by atoms with E-state index >= 15 is 0 Å². The molecule has 0 radical (unpaired) electrons. The summed E-state index contributed by atoms with van der Waals surface area (Å²) in [5, 5.41) is 3.29. The van der Waals surface area contributed by atoms with Gasteiger partial charge in [0, 0.05) is 10.7 Å². The van der Waals surface area contributed by atoms with Gasteiger partial charge in [-0.25, -0.2) is 9.97 Å². The molecule has 2 heterocycles. The van der Waals surface area contributed by atoms with Gasteiger partial charge in [-0.3, -0.25) is 14.5 Å². The van der Waals surface area contributed by atoms with E-state index in [0.29, 0.717) is 22.5 Å². The van der Waals surface area contributed by atoms with Gasteiger partial charge in [0.2, 0.25) is 5.91 Å². The first kappa shape index (κ1) is 18.2. The normalized spacial score (nSPS) is 12.3. The van der Waals surface area contributed by atoms with Crippen LogP contribution in [0.1, 0.15) is 18.8 Å². The standard InChI is InChI=1S/C18H18BrN5O2/c1-11(17-21-14-6-4-3-5-13(14)18(26)23-17)24(2)10-16(25)22-15-8-7-12(19)9-20-15/h3-9,11H,10H2,1-2H3,(H,20,22,25)(H,21,23,26). The fourth-order valence-electron chi connectivity index (χ4n) is 2.51. The number of likely N-dealkylation sites (N-methyl/N-ethyl adjacent to an activating group) is 1. The van der Waals surface area contributed by atoms with Gasteiger partial charge in [0.25, 0.3) is 5.56 Å². The van der Waals surface area contributed by atoms with Crippen molar-refractivity contribution < 1.29 is 4.79 Å². The zero-order valence-electron chi connectivity index (χ0n) is 14.4. The average Bonchev–Trinajstić information content (AvgIpc) is 2.63. The average molecular weight is 416 g/mol. The van der Waals surface area contributed by atoms with Gasteiger partial charge in [-0.05, 0) is 54.2 Å². The predicted molar refractivity (Wildman–Crippen MR) is 104 cm³/mol. The summed E-state index contributed by atoms with van der Waals surface area (Å²) in [6.07, 6.45) is 1.62. The minimum atomic E-state index is -0.240. The number of benzene rings is 1. The Labute approximate surface area is 158 Å². The highest BCUT2D eigenvalue weighted by Gasteiger charge is 2.18. The van der Waals surface area contributed by atoms with Crippen LogP contribution in [0, 0.1) is 0 Å². The molecule has 26 heavy (non-hydrogen) atoms. The van der Waals surface area contributed by atoms with Crippen molar-refractivity contribution in [3.05, 3.63) is 63.2 Å². The van der Waals surface area contributed by atoms with Gasteiger partial charge in [-0.1, -0.05) is 12.1 Å². The van der Waals surface area contributed by atoms with Crippen LogP contribution in [0.15, 0.2) is 51.9 Å². The second kappa shape index (κ2) is 7.76. The molecule has 2 aromatic heterocycles. The summed E-state index contributed by atoms with van der Waals surface area (Å²) in [5.41, 5.74) is 0.448. The Kier molecular flexibility index (Phi) is 5.43. The number of H-pyrrole nitrogens is 1. The highest BCUT2D eigenvalue weighted by atomic mass is 79.9. The van der Waals surface area contributed by atoms with Crippen molar-refractivity contribution in [1.29, 1.82) is 0 Å². The molecule has 0 aliphatic rings. The molecule has 1 atom stereocenters. The molecule has 0 saturated heterocycles. The van der Waals surface area contributed by atoms with Crippen LogP contribution in [0.4, 0.5) is 5.82 Å². The van der Waals surface area contributed by atoms with Crippen LogP contribution in [0.3, 0.4) is 0 Å². The molecule has 0 saturated carbocycles. The molecule has 3 aromatic rings. The molecular formula is C18H18BrN5O2. The number of aromatic amines is 1. The van der Waals surface area contributed by atoms with Crippen molar-refractivity contribution in [2.24, 2.45) is 0 Å². The number of hydrogen-bond acceptors (Lipinski definition) is 5. The first-order valence-corrected chi connectivity index (χ1v) is 8.84. The van der Waals surface area contributed by atoms with Gasteiger partial charge >= 0.3 is 0 Å². The van der Waals surface area contributed by atoms with Crippen LogP contribution in [0.5, 0.6) is 0 Å². The van der Waals surface area contributed by atoms with E-state index in [2.05, 4.69) is 36.2 Å². The van der Waals surface area contributed by atoms with Crippen LogP contribution in [-0.4, -0.2) is 39.4 Å². The van der Waals surface area contributed by atoms with Gasteiger partial charge in [0.05, 0.1) is 23.5 Å². The van der Waals surface area contributed by atoms with Gasteiger partial charge in [0.1, 0.15) is 11.6 Å². The number of halogens is 1. The number of hydrogen-bond donors (Lipinski definition) is 2. The molecule has 7 nitrogen and oxygen atoms in total. The molecule has 1 amide bonds. The quantitative estimate of drug-likeness (QED) is 0.668. The van der Waals surface area contributed by atoms with Crippen molar-refractivity contribution in [3.8, 4) is 0 Å². The zero-order chi connectivity index (χ0) is 18.7. The van der Waals surface area contributed by atoms with Crippen LogP contribution < -0.4 is 10.9 Å². The molecule has 0 aliphatic carbocycles. The molecule has 1 unspecified atom stereocenters. The van der Waals surface area contributed by atoms with Gasteiger partial charge in [-0.2, -0.15) is 0 Å². The van der Waals surface area contributed by atoms with E-state index in [9.17, 15) is 9.59 Å². The minimum absolute atomic E-state index is 0.134. The minimum Gasteiger partial charge on any atom is -0.310 e. The number of anilines is 1. The molecule has 2 N–H and O–H groups in total. The Bertz CT molecular complexity index is 987. The number of fused-ring (bicyclic) bond motifs is 1. The van der Waals surface area contributed by atoms with E-state index in [0.717, 1.165) is 4.47 Å². The lowest BCUT2D eigenvalue weighted by molar-refractivity contribution is -0.117. The molecular weight excluding hydrogens is 398 g/mol. The van der Waals surface area contributed by atoms with E-state index < -0.39 is 0 Å². The Morgan fingerprint density at radius 3 is 2.81 bits per heavy atom. The van der Waals surface area contributed by atoms with E-state index in [1.165, 1.54) is 0 Å². The Morgan fingerprint density at radius 2 is 2.08 bits per heavy atom. The topological polar surface area (TPSA) is 91.0 Å². The maximum Gasteiger partial charge on any atom is 0.258 e. The van der Waals surface area contributed by atoms with Crippen LogP contribution in [-0.2, 0) is 4.79 Å². The first-order valence-electron chi connectivity index (χ1n) is 8.04. The molecule has 3 rings (SSSR count). The third-order valence-corrected chi connectivity index (χ3v) is 4.55. The Morgan fingerprint density at radius 1 is 1.31 bits per heavy atom. The van der Waals surface area contributed by atoms with Crippen LogP contribution in [0.2, 0.25) is 0 Å². The smallest absolute Gasteiger partial charge is 0.258 e.